The van der Waals surface area contributed by atoms with Gasteiger partial charge < -0.3 is 19.7 Å². The smallest absolute Gasteiger partial charge is 0.321 e. The zero-order valence-electron chi connectivity index (χ0n) is 12.6. The van der Waals surface area contributed by atoms with E-state index in [-0.39, 0.29) is 11.6 Å². The van der Waals surface area contributed by atoms with Gasteiger partial charge in [-0.15, -0.1) is 0 Å². The molecule has 0 aliphatic carbocycles. The van der Waals surface area contributed by atoms with Crippen LogP contribution in [0.5, 0.6) is 5.75 Å². The summed E-state index contributed by atoms with van der Waals surface area (Å²) < 4.78 is 10.7. The predicted octanol–water partition coefficient (Wildman–Crippen LogP) is 2.35. The molecule has 1 spiro atoms. The summed E-state index contributed by atoms with van der Waals surface area (Å²) in [5, 5.41) is 11.9. The topological polar surface area (TPSA) is 74.6 Å². The molecular formula is C16H19N3O3. The molecule has 0 aromatic heterocycles. The van der Waals surface area contributed by atoms with Crippen molar-refractivity contribution in [2.75, 3.05) is 32.1 Å². The number of methoxy groups -OCH3 is 1. The van der Waals surface area contributed by atoms with Crippen molar-refractivity contribution >= 4 is 11.7 Å². The first kappa shape index (κ1) is 14.7. The second kappa shape index (κ2) is 5.85. The molecule has 2 saturated heterocycles. The van der Waals surface area contributed by atoms with E-state index in [1.54, 1.807) is 23.1 Å². The zero-order chi connectivity index (χ0) is 15.6. The molecule has 0 unspecified atom stereocenters. The monoisotopic (exact) mass is 301 g/mol. The number of anilines is 1. The molecule has 2 aliphatic rings. The second-order valence-corrected chi connectivity index (χ2v) is 5.73. The SMILES string of the molecule is COc1ccc(NC(=O)N2CCC3(CCO3)CC2)cc1C#N. The van der Waals surface area contributed by atoms with Gasteiger partial charge in [-0.3, -0.25) is 0 Å². The van der Waals surface area contributed by atoms with Gasteiger partial charge >= 0.3 is 6.03 Å². The summed E-state index contributed by atoms with van der Waals surface area (Å²) in [4.78, 5) is 14.1. The number of piperidine rings is 1. The van der Waals surface area contributed by atoms with Crippen LogP contribution in [0.3, 0.4) is 0 Å². The van der Waals surface area contributed by atoms with Crippen LogP contribution < -0.4 is 10.1 Å². The third-order valence-corrected chi connectivity index (χ3v) is 4.50. The highest BCUT2D eigenvalue weighted by atomic mass is 16.5. The Morgan fingerprint density at radius 2 is 2.14 bits per heavy atom. The van der Waals surface area contributed by atoms with Gasteiger partial charge in [0.25, 0.3) is 0 Å². The minimum atomic E-state index is -0.136. The molecule has 0 bridgehead atoms. The van der Waals surface area contributed by atoms with Crippen molar-refractivity contribution in [3.05, 3.63) is 23.8 Å². The van der Waals surface area contributed by atoms with E-state index in [9.17, 15) is 4.79 Å². The summed E-state index contributed by atoms with van der Waals surface area (Å²) in [6, 6.07) is 6.96. The van der Waals surface area contributed by atoms with Gasteiger partial charge in [0, 0.05) is 18.8 Å². The van der Waals surface area contributed by atoms with E-state index in [2.05, 4.69) is 11.4 Å². The van der Waals surface area contributed by atoms with Crippen LogP contribution in [0.2, 0.25) is 0 Å². The maximum Gasteiger partial charge on any atom is 0.321 e. The molecule has 1 N–H and O–H groups in total. The number of nitrogens with zero attached hydrogens (tertiary/aromatic N) is 2. The summed E-state index contributed by atoms with van der Waals surface area (Å²) in [7, 11) is 1.51. The molecule has 0 radical (unpaired) electrons. The number of amides is 2. The van der Waals surface area contributed by atoms with Crippen LogP contribution in [-0.4, -0.2) is 43.3 Å². The molecule has 2 aliphatic heterocycles. The molecule has 2 amide bonds. The third-order valence-electron chi connectivity index (χ3n) is 4.50. The van der Waals surface area contributed by atoms with Crippen LogP contribution in [0.1, 0.15) is 24.8 Å². The summed E-state index contributed by atoms with van der Waals surface area (Å²) in [5.74, 6) is 0.502. The van der Waals surface area contributed by atoms with Crippen LogP contribution in [0.15, 0.2) is 18.2 Å². The van der Waals surface area contributed by atoms with Gasteiger partial charge in [0.2, 0.25) is 0 Å². The molecule has 22 heavy (non-hydrogen) atoms. The Morgan fingerprint density at radius 1 is 1.41 bits per heavy atom. The average Bonchev–Trinajstić information content (AvgIpc) is 2.53. The molecule has 2 heterocycles. The lowest BCUT2D eigenvalue weighted by Gasteiger charge is -2.47. The second-order valence-electron chi connectivity index (χ2n) is 5.73. The number of ether oxygens (including phenoxy) is 2. The minimum Gasteiger partial charge on any atom is -0.495 e. The molecule has 1 aromatic rings. The summed E-state index contributed by atoms with van der Waals surface area (Å²) in [6.45, 7) is 2.25. The Kier molecular flexibility index (Phi) is 3.90. The number of hydrogen-bond acceptors (Lipinski definition) is 4. The van der Waals surface area contributed by atoms with Crippen molar-refractivity contribution in [3.8, 4) is 11.8 Å². The van der Waals surface area contributed by atoms with E-state index in [0.717, 1.165) is 25.9 Å². The van der Waals surface area contributed by atoms with Gasteiger partial charge in [-0.25, -0.2) is 4.79 Å². The summed E-state index contributed by atoms with van der Waals surface area (Å²) in [5.41, 5.74) is 1.04. The first-order valence-electron chi connectivity index (χ1n) is 7.44. The quantitative estimate of drug-likeness (QED) is 0.910. The van der Waals surface area contributed by atoms with E-state index in [1.807, 2.05) is 0 Å². The molecule has 0 atom stereocenters. The molecule has 1 aromatic carbocycles. The van der Waals surface area contributed by atoms with Crippen LogP contribution >= 0.6 is 0 Å². The maximum absolute atomic E-state index is 12.3. The van der Waals surface area contributed by atoms with E-state index >= 15 is 0 Å². The number of likely N-dealkylation sites (tertiary alicyclic amines) is 1. The van der Waals surface area contributed by atoms with Crippen molar-refractivity contribution in [2.24, 2.45) is 0 Å². The van der Waals surface area contributed by atoms with E-state index in [1.165, 1.54) is 7.11 Å². The maximum atomic E-state index is 12.3. The summed E-state index contributed by atoms with van der Waals surface area (Å²) >= 11 is 0. The molecular weight excluding hydrogens is 282 g/mol. The van der Waals surface area contributed by atoms with Crippen molar-refractivity contribution in [1.82, 2.24) is 4.90 Å². The Hall–Kier alpha value is -2.26. The number of nitriles is 1. The number of carbonyl (C=O) groups excluding carboxylic acids is 1. The van der Waals surface area contributed by atoms with Crippen LogP contribution in [0, 0.1) is 11.3 Å². The zero-order valence-corrected chi connectivity index (χ0v) is 12.6. The number of hydrogen-bond donors (Lipinski definition) is 1. The largest absolute Gasteiger partial charge is 0.495 e. The first-order valence-corrected chi connectivity index (χ1v) is 7.44. The van der Waals surface area contributed by atoms with Crippen molar-refractivity contribution in [2.45, 2.75) is 24.9 Å². The number of urea groups is 1. The molecule has 116 valence electrons. The van der Waals surface area contributed by atoms with E-state index in [0.29, 0.717) is 30.1 Å². The van der Waals surface area contributed by atoms with Crippen LogP contribution in [-0.2, 0) is 4.74 Å². The number of rotatable bonds is 2. The summed E-state index contributed by atoms with van der Waals surface area (Å²) in [6.07, 6.45) is 2.89. The van der Waals surface area contributed by atoms with E-state index in [4.69, 9.17) is 14.7 Å². The minimum absolute atomic E-state index is 0.0326. The molecule has 6 nitrogen and oxygen atoms in total. The van der Waals surface area contributed by atoms with E-state index < -0.39 is 0 Å². The van der Waals surface area contributed by atoms with Crippen molar-refractivity contribution in [3.63, 3.8) is 0 Å². The van der Waals surface area contributed by atoms with Crippen LogP contribution in [0.25, 0.3) is 0 Å². The fourth-order valence-corrected chi connectivity index (χ4v) is 2.98. The first-order chi connectivity index (χ1) is 10.7. The normalized spacial score (nSPS) is 19.2. The lowest BCUT2D eigenvalue weighted by molar-refractivity contribution is -0.168. The van der Waals surface area contributed by atoms with Gasteiger partial charge in [0.15, 0.2) is 0 Å². The average molecular weight is 301 g/mol. The third kappa shape index (κ3) is 2.72. The van der Waals surface area contributed by atoms with Crippen molar-refractivity contribution in [1.29, 1.82) is 5.26 Å². The van der Waals surface area contributed by atoms with Gasteiger partial charge in [-0.2, -0.15) is 5.26 Å². The molecule has 3 rings (SSSR count). The Balaban J connectivity index is 1.61. The highest BCUT2D eigenvalue weighted by Crippen LogP contribution is 2.36. The van der Waals surface area contributed by atoms with Crippen molar-refractivity contribution < 1.29 is 14.3 Å². The fraction of sp³-hybridized carbons (Fsp3) is 0.500. The van der Waals surface area contributed by atoms with Gasteiger partial charge in [0.05, 0.1) is 24.9 Å². The number of benzene rings is 1. The van der Waals surface area contributed by atoms with Gasteiger partial charge in [0.1, 0.15) is 11.8 Å². The Bertz CT molecular complexity index is 610. The predicted molar refractivity (Wildman–Crippen MR) is 80.8 cm³/mol. The standard InChI is InChI=1S/C16H19N3O3/c1-21-14-3-2-13(10-12(14)11-17)18-15(20)19-7-4-16(5-8-19)6-9-22-16/h2-3,10H,4-9H2,1H3,(H,18,20). The molecule has 0 saturated carbocycles. The molecule has 6 heteroatoms. The number of nitrogens with one attached hydrogen (secondary N) is 1. The highest BCUT2D eigenvalue weighted by Gasteiger charge is 2.41. The lowest BCUT2D eigenvalue weighted by atomic mass is 9.84. The van der Waals surface area contributed by atoms with Gasteiger partial charge in [-0.1, -0.05) is 0 Å². The lowest BCUT2D eigenvalue weighted by Crippen LogP contribution is -2.54. The Labute approximate surface area is 129 Å². The molecule has 2 fully saturated rings. The fourth-order valence-electron chi connectivity index (χ4n) is 2.98. The highest BCUT2D eigenvalue weighted by molar-refractivity contribution is 5.89. The van der Waals surface area contributed by atoms with Gasteiger partial charge in [-0.05, 0) is 37.5 Å². The Morgan fingerprint density at radius 3 is 2.68 bits per heavy atom. The number of carbonyl (C=O) groups is 1. The van der Waals surface area contributed by atoms with Crippen LogP contribution in [0.4, 0.5) is 10.5 Å².